The van der Waals surface area contributed by atoms with E-state index in [9.17, 15) is 18.5 Å². The fraction of sp³-hybridized carbons (Fsp3) is 0.167. The van der Waals surface area contributed by atoms with Crippen molar-refractivity contribution in [1.82, 2.24) is 4.72 Å². The summed E-state index contributed by atoms with van der Waals surface area (Å²) in [6.07, 6.45) is 0. The van der Waals surface area contributed by atoms with Gasteiger partial charge in [0, 0.05) is 23.1 Å². The molecule has 0 spiro atoms. The van der Waals surface area contributed by atoms with E-state index in [1.54, 1.807) is 6.07 Å². The van der Waals surface area contributed by atoms with E-state index in [0.717, 1.165) is 10.9 Å². The molecule has 0 atom stereocenters. The maximum atomic E-state index is 12.2. The van der Waals surface area contributed by atoms with Gasteiger partial charge in [-0.15, -0.1) is 11.3 Å². The Morgan fingerprint density at radius 1 is 1.43 bits per heavy atom. The number of nitrogens with one attached hydrogen (secondary N) is 1. The minimum Gasteiger partial charge on any atom is -0.258 e. The molecule has 0 unspecified atom stereocenters. The molecule has 0 aliphatic rings. The van der Waals surface area contributed by atoms with Gasteiger partial charge in [0.2, 0.25) is 10.0 Å². The average molecular weight is 347 g/mol. The Balaban J connectivity index is 2.33. The highest BCUT2D eigenvalue weighted by Gasteiger charge is 2.22. The number of sulfonamides is 1. The normalized spacial score (nSPS) is 11.5. The van der Waals surface area contributed by atoms with Crippen molar-refractivity contribution in [3.63, 3.8) is 0 Å². The van der Waals surface area contributed by atoms with Crippen molar-refractivity contribution in [2.45, 2.75) is 18.4 Å². The van der Waals surface area contributed by atoms with Gasteiger partial charge in [0.1, 0.15) is 0 Å². The molecule has 2 rings (SSSR count). The van der Waals surface area contributed by atoms with Crippen LogP contribution in [0.25, 0.3) is 0 Å². The van der Waals surface area contributed by atoms with E-state index in [1.807, 2.05) is 11.4 Å². The predicted molar refractivity (Wildman–Crippen MR) is 81.2 cm³/mol. The molecule has 0 radical (unpaired) electrons. The summed E-state index contributed by atoms with van der Waals surface area (Å²) in [5, 5.41) is 12.8. The van der Waals surface area contributed by atoms with Crippen LogP contribution in [0.2, 0.25) is 5.02 Å². The number of halogens is 1. The minimum atomic E-state index is -3.86. The highest BCUT2D eigenvalue weighted by atomic mass is 35.5. The van der Waals surface area contributed by atoms with E-state index in [4.69, 9.17) is 11.6 Å². The maximum absolute atomic E-state index is 12.2. The van der Waals surface area contributed by atoms with Gasteiger partial charge in [-0.2, -0.15) is 0 Å². The third-order valence-electron chi connectivity index (χ3n) is 2.81. The van der Waals surface area contributed by atoms with E-state index in [1.165, 1.54) is 24.3 Å². The molecule has 0 bridgehead atoms. The third kappa shape index (κ3) is 3.59. The Morgan fingerprint density at radius 2 is 2.14 bits per heavy atom. The monoisotopic (exact) mass is 346 g/mol. The second-order valence-corrected chi connectivity index (χ2v) is 7.42. The fourth-order valence-corrected chi connectivity index (χ4v) is 3.71. The first-order valence-electron chi connectivity index (χ1n) is 5.78. The van der Waals surface area contributed by atoms with Crippen molar-refractivity contribution in [1.29, 1.82) is 0 Å². The first-order valence-corrected chi connectivity index (χ1v) is 8.52. The minimum absolute atomic E-state index is 0.0423. The molecular weight excluding hydrogens is 336 g/mol. The van der Waals surface area contributed by atoms with Crippen LogP contribution in [0.1, 0.15) is 10.4 Å². The molecule has 9 heteroatoms. The zero-order chi connectivity index (χ0) is 15.6. The van der Waals surface area contributed by atoms with Crippen LogP contribution < -0.4 is 4.72 Å². The first-order chi connectivity index (χ1) is 9.81. The number of nitro benzene ring substituents is 1. The van der Waals surface area contributed by atoms with Crippen LogP contribution in [0, 0.1) is 17.0 Å². The SMILES string of the molecule is Cc1c(Cl)cc(S(=O)(=O)NCc2cccs2)cc1[N+](=O)[O-]. The van der Waals surface area contributed by atoms with E-state index < -0.39 is 14.9 Å². The van der Waals surface area contributed by atoms with Crippen molar-refractivity contribution in [2.24, 2.45) is 0 Å². The lowest BCUT2D eigenvalue weighted by Crippen LogP contribution is -2.23. The lowest BCUT2D eigenvalue weighted by molar-refractivity contribution is -0.385. The second-order valence-electron chi connectivity index (χ2n) is 4.21. The second kappa shape index (κ2) is 6.10. The summed E-state index contributed by atoms with van der Waals surface area (Å²) in [6.45, 7) is 1.59. The topological polar surface area (TPSA) is 89.3 Å². The fourth-order valence-electron chi connectivity index (χ4n) is 1.65. The van der Waals surface area contributed by atoms with Crippen LogP contribution in [0.5, 0.6) is 0 Å². The number of benzene rings is 1. The summed E-state index contributed by atoms with van der Waals surface area (Å²) in [5.74, 6) is 0. The van der Waals surface area contributed by atoms with Crippen LogP contribution in [0.4, 0.5) is 5.69 Å². The van der Waals surface area contributed by atoms with Gasteiger partial charge in [-0.25, -0.2) is 13.1 Å². The van der Waals surface area contributed by atoms with Crippen molar-refractivity contribution < 1.29 is 13.3 Å². The van der Waals surface area contributed by atoms with Crippen LogP contribution in [0.3, 0.4) is 0 Å². The van der Waals surface area contributed by atoms with Crippen LogP contribution in [0.15, 0.2) is 34.5 Å². The molecule has 112 valence electrons. The Hall–Kier alpha value is -1.48. The van der Waals surface area contributed by atoms with Gasteiger partial charge < -0.3 is 0 Å². The summed E-state index contributed by atoms with van der Waals surface area (Å²) in [4.78, 5) is 10.9. The van der Waals surface area contributed by atoms with Gasteiger partial charge in [0.15, 0.2) is 0 Å². The summed E-state index contributed by atoms with van der Waals surface area (Å²) in [6, 6.07) is 5.82. The largest absolute Gasteiger partial charge is 0.275 e. The highest BCUT2D eigenvalue weighted by molar-refractivity contribution is 7.89. The molecule has 0 amide bonds. The van der Waals surface area contributed by atoms with Gasteiger partial charge >= 0.3 is 0 Å². The van der Waals surface area contributed by atoms with Crippen LogP contribution in [-0.4, -0.2) is 13.3 Å². The Morgan fingerprint density at radius 3 is 2.71 bits per heavy atom. The van der Waals surface area contributed by atoms with E-state index in [0.29, 0.717) is 0 Å². The number of nitrogens with zero attached hydrogens (tertiary/aromatic N) is 1. The summed E-state index contributed by atoms with van der Waals surface area (Å²) >= 11 is 7.29. The van der Waals surface area contributed by atoms with Gasteiger partial charge in [-0.3, -0.25) is 10.1 Å². The molecule has 0 aliphatic heterocycles. The van der Waals surface area contributed by atoms with Gasteiger partial charge in [0.25, 0.3) is 5.69 Å². The van der Waals surface area contributed by atoms with Crippen molar-refractivity contribution in [2.75, 3.05) is 0 Å². The number of nitro groups is 1. The number of hydrogen-bond donors (Lipinski definition) is 1. The molecule has 0 saturated heterocycles. The molecule has 0 saturated carbocycles. The molecule has 1 aromatic heterocycles. The molecule has 2 aromatic rings. The van der Waals surface area contributed by atoms with Gasteiger partial charge in [-0.1, -0.05) is 17.7 Å². The molecule has 0 aliphatic carbocycles. The smallest absolute Gasteiger partial charge is 0.258 e. The zero-order valence-electron chi connectivity index (χ0n) is 10.9. The van der Waals surface area contributed by atoms with Crippen molar-refractivity contribution >= 4 is 38.6 Å². The average Bonchev–Trinajstić information content (AvgIpc) is 2.92. The Labute approximate surface area is 130 Å². The van der Waals surface area contributed by atoms with E-state index in [2.05, 4.69) is 4.72 Å². The first kappa shape index (κ1) is 15.9. The Kier molecular flexibility index (Phi) is 4.62. The summed E-state index contributed by atoms with van der Waals surface area (Å²) < 4.78 is 26.7. The van der Waals surface area contributed by atoms with Crippen LogP contribution in [-0.2, 0) is 16.6 Å². The van der Waals surface area contributed by atoms with Crippen molar-refractivity contribution in [3.05, 3.63) is 55.2 Å². The number of hydrogen-bond acceptors (Lipinski definition) is 5. The zero-order valence-corrected chi connectivity index (χ0v) is 13.3. The third-order valence-corrected chi connectivity index (χ3v) is 5.46. The van der Waals surface area contributed by atoms with E-state index in [-0.39, 0.29) is 27.7 Å². The quantitative estimate of drug-likeness (QED) is 0.665. The molecule has 6 nitrogen and oxygen atoms in total. The lowest BCUT2D eigenvalue weighted by Gasteiger charge is -2.08. The van der Waals surface area contributed by atoms with Crippen molar-refractivity contribution in [3.8, 4) is 0 Å². The lowest BCUT2D eigenvalue weighted by atomic mass is 10.2. The summed E-state index contributed by atoms with van der Waals surface area (Å²) in [5.41, 5.74) is -0.0853. The number of rotatable bonds is 5. The highest BCUT2D eigenvalue weighted by Crippen LogP contribution is 2.29. The Bertz CT molecular complexity index is 773. The molecule has 21 heavy (non-hydrogen) atoms. The molecule has 0 fully saturated rings. The molecule has 1 heterocycles. The molecule has 1 N–H and O–H groups in total. The molecular formula is C12H11ClN2O4S2. The molecule has 1 aromatic carbocycles. The van der Waals surface area contributed by atoms with Gasteiger partial charge in [0.05, 0.1) is 14.8 Å². The predicted octanol–water partition coefficient (Wildman–Crippen LogP) is 3.10. The standard InChI is InChI=1S/C12H11ClN2O4S2/c1-8-11(13)5-10(6-12(8)15(16)17)21(18,19)14-7-9-3-2-4-20-9/h2-6,14H,7H2,1H3. The van der Waals surface area contributed by atoms with Gasteiger partial charge in [-0.05, 0) is 24.4 Å². The summed E-state index contributed by atoms with van der Waals surface area (Å²) in [7, 11) is -3.86. The van der Waals surface area contributed by atoms with E-state index >= 15 is 0 Å². The van der Waals surface area contributed by atoms with Crippen LogP contribution >= 0.6 is 22.9 Å². The number of thiophene rings is 1. The maximum Gasteiger partial charge on any atom is 0.275 e.